The van der Waals surface area contributed by atoms with Gasteiger partial charge in [-0.05, 0) is 45.7 Å². The molecule has 0 spiro atoms. The van der Waals surface area contributed by atoms with E-state index in [1.54, 1.807) is 13.3 Å². The highest BCUT2D eigenvalue weighted by Crippen LogP contribution is 2.35. The van der Waals surface area contributed by atoms with E-state index in [2.05, 4.69) is 24.5 Å². The fourth-order valence-corrected chi connectivity index (χ4v) is 4.70. The van der Waals surface area contributed by atoms with Crippen molar-refractivity contribution in [2.75, 3.05) is 19.0 Å². The third kappa shape index (κ3) is 4.22. The summed E-state index contributed by atoms with van der Waals surface area (Å²) in [4.78, 5) is 9.65. The third-order valence-corrected chi connectivity index (χ3v) is 7.23. The van der Waals surface area contributed by atoms with Crippen LogP contribution in [0.5, 0.6) is 5.75 Å². The molecule has 7 nitrogen and oxygen atoms in total. The van der Waals surface area contributed by atoms with Gasteiger partial charge in [0.2, 0.25) is 0 Å². The Morgan fingerprint density at radius 3 is 2.70 bits per heavy atom. The number of ether oxygens (including phenoxy) is 1. The van der Waals surface area contributed by atoms with E-state index >= 15 is 0 Å². The molecule has 0 aromatic carbocycles. The molecule has 30 heavy (non-hydrogen) atoms. The number of hydrogen-bond donors (Lipinski definition) is 2. The summed E-state index contributed by atoms with van der Waals surface area (Å²) < 4.78 is 20.1. The first-order valence-corrected chi connectivity index (χ1v) is 11.5. The number of hydrogen-bond acceptors (Lipinski definition) is 6. The van der Waals surface area contributed by atoms with Gasteiger partial charge < -0.3 is 15.2 Å². The zero-order chi connectivity index (χ0) is 21.7. The topological polar surface area (TPSA) is 88.8 Å². The Balaban J connectivity index is 1.77. The summed E-state index contributed by atoms with van der Waals surface area (Å²) in [6.07, 6.45) is 5.27. The molecule has 2 unspecified atom stereocenters. The van der Waals surface area contributed by atoms with E-state index in [1.165, 1.54) is 0 Å². The number of fused-ring (bicyclic) bond motifs is 1. The Kier molecular flexibility index (Phi) is 5.37. The standard InChI is InChI=1S/C21H27N4O3PS/c1-20(2,3)30(27)16-11-25-14(10-22-18(25)9-15(16)28-4)13-7-17(24-19(29)8-13)23-12-21(26)5-6-21/h7-11,26H,5-6,12,29H2,1-4H3,(H,23,24). The Morgan fingerprint density at radius 1 is 1.33 bits per heavy atom. The second-order valence-corrected chi connectivity index (χ2v) is 11.5. The minimum atomic E-state index is -1.26. The second-order valence-electron chi connectivity index (χ2n) is 8.70. The van der Waals surface area contributed by atoms with Crippen LogP contribution in [0.1, 0.15) is 33.6 Å². The van der Waals surface area contributed by atoms with Gasteiger partial charge in [0.1, 0.15) is 17.2 Å². The van der Waals surface area contributed by atoms with Crippen molar-refractivity contribution in [2.24, 2.45) is 0 Å². The maximum atomic E-state index is 13.1. The highest BCUT2D eigenvalue weighted by Gasteiger charge is 2.40. The van der Waals surface area contributed by atoms with Crippen molar-refractivity contribution in [2.45, 2.75) is 48.9 Å². The third-order valence-electron chi connectivity index (χ3n) is 5.12. The summed E-state index contributed by atoms with van der Waals surface area (Å²) in [5.74, 6) is 1.26. The molecule has 3 aromatic rings. The lowest BCUT2D eigenvalue weighted by atomic mass is 10.2. The first-order valence-electron chi connectivity index (χ1n) is 9.81. The van der Waals surface area contributed by atoms with Gasteiger partial charge >= 0.3 is 0 Å². The van der Waals surface area contributed by atoms with Crippen LogP contribution in [0.4, 0.5) is 5.82 Å². The summed E-state index contributed by atoms with van der Waals surface area (Å²) in [7, 11) is 2.94. The van der Waals surface area contributed by atoms with Gasteiger partial charge in [0.05, 0.1) is 45.7 Å². The number of rotatable bonds is 6. The van der Waals surface area contributed by atoms with E-state index in [9.17, 15) is 9.32 Å². The van der Waals surface area contributed by atoms with Crippen molar-refractivity contribution >= 4 is 36.9 Å². The molecule has 160 valence electrons. The van der Waals surface area contributed by atoms with Gasteiger partial charge in [-0.15, -0.1) is 0 Å². The van der Waals surface area contributed by atoms with Gasteiger partial charge in [-0.3, -0.25) is 8.61 Å². The van der Waals surface area contributed by atoms with Crippen molar-refractivity contribution < 1.29 is 14.1 Å². The molecule has 2 N–H and O–H groups in total. The van der Waals surface area contributed by atoms with Crippen LogP contribution in [0, 0.1) is 0 Å². The lowest BCUT2D eigenvalue weighted by molar-refractivity contribution is 0.164. The Bertz CT molecular complexity index is 1140. The van der Waals surface area contributed by atoms with E-state index in [0.29, 0.717) is 28.7 Å². The molecule has 9 heteroatoms. The number of aliphatic hydroxyl groups is 1. The van der Waals surface area contributed by atoms with Crippen molar-refractivity contribution in [3.8, 4) is 17.0 Å². The summed E-state index contributed by atoms with van der Waals surface area (Å²) in [6, 6.07) is 5.70. The van der Waals surface area contributed by atoms with Gasteiger partial charge in [-0.2, -0.15) is 0 Å². The van der Waals surface area contributed by atoms with Crippen LogP contribution in [0.15, 0.2) is 35.5 Å². The molecule has 0 amide bonds. The van der Waals surface area contributed by atoms with Crippen LogP contribution in [-0.2, 0) is 10.8 Å². The van der Waals surface area contributed by atoms with Crippen LogP contribution in [0.3, 0.4) is 0 Å². The first-order chi connectivity index (χ1) is 14.1. The molecule has 2 atom stereocenters. The zero-order valence-electron chi connectivity index (χ0n) is 17.6. The molecular formula is C21H27N4O3PS. The Labute approximate surface area is 180 Å². The van der Waals surface area contributed by atoms with Gasteiger partial charge in [-0.25, -0.2) is 9.97 Å². The summed E-state index contributed by atoms with van der Waals surface area (Å²) in [5, 5.41) is 13.3. The molecule has 0 bridgehead atoms. The van der Waals surface area contributed by atoms with Crippen LogP contribution >= 0.6 is 9.24 Å². The molecule has 1 fully saturated rings. The smallest absolute Gasteiger partial charge is 0.140 e. The lowest BCUT2D eigenvalue weighted by Crippen LogP contribution is -2.22. The minimum absolute atomic E-state index is 0.425. The molecule has 3 aromatic heterocycles. The number of aromatic nitrogens is 3. The Morgan fingerprint density at radius 2 is 2.07 bits per heavy atom. The van der Waals surface area contributed by atoms with E-state index in [4.69, 9.17) is 4.74 Å². The highest BCUT2D eigenvalue weighted by molar-refractivity contribution is 7.86. The molecule has 4 rings (SSSR count). The molecule has 0 radical (unpaired) electrons. The Hall–Kier alpha value is -2.02. The summed E-state index contributed by atoms with van der Waals surface area (Å²) in [5.41, 5.74) is 2.66. The van der Waals surface area contributed by atoms with Crippen molar-refractivity contribution in [3.63, 3.8) is 0 Å². The van der Waals surface area contributed by atoms with Crippen LogP contribution in [-0.4, -0.2) is 47.7 Å². The van der Waals surface area contributed by atoms with Crippen LogP contribution < -0.4 is 15.5 Å². The highest BCUT2D eigenvalue weighted by atomic mass is 32.2. The normalized spacial score (nSPS) is 16.5. The minimum Gasteiger partial charge on any atom is -0.495 e. The number of methoxy groups -OCH3 is 1. The molecule has 0 aliphatic heterocycles. The fourth-order valence-electron chi connectivity index (χ4n) is 3.20. The SMILES string of the molecule is COc1cc2ncc(-c3cc(P)nc(NCC4(O)CC4)c3)n2cc1S(=O)C(C)(C)C. The number of nitrogens with zero attached hydrogens (tertiary/aromatic N) is 3. The number of imidazole rings is 1. The monoisotopic (exact) mass is 446 g/mol. The van der Waals surface area contributed by atoms with Crippen molar-refractivity contribution in [3.05, 3.63) is 30.6 Å². The quantitative estimate of drug-likeness (QED) is 0.566. The maximum Gasteiger partial charge on any atom is 0.140 e. The largest absolute Gasteiger partial charge is 0.495 e. The molecule has 1 saturated carbocycles. The molecule has 1 aliphatic carbocycles. The summed E-state index contributed by atoms with van der Waals surface area (Å²) in [6.45, 7) is 6.30. The predicted octanol–water partition coefficient (Wildman–Crippen LogP) is 2.75. The maximum absolute atomic E-state index is 13.1. The zero-order valence-corrected chi connectivity index (χ0v) is 19.6. The van der Waals surface area contributed by atoms with Gasteiger partial charge in [0.15, 0.2) is 0 Å². The van der Waals surface area contributed by atoms with E-state index < -0.39 is 21.1 Å². The number of nitrogens with one attached hydrogen (secondary N) is 1. The first kappa shape index (κ1) is 21.2. The molecular weight excluding hydrogens is 419 g/mol. The predicted molar refractivity (Wildman–Crippen MR) is 123 cm³/mol. The van der Waals surface area contributed by atoms with Crippen molar-refractivity contribution in [1.29, 1.82) is 0 Å². The number of pyridine rings is 2. The second kappa shape index (κ2) is 7.59. The van der Waals surface area contributed by atoms with E-state index in [-0.39, 0.29) is 0 Å². The van der Waals surface area contributed by atoms with Gasteiger partial charge in [0, 0.05) is 29.1 Å². The summed E-state index contributed by atoms with van der Waals surface area (Å²) >= 11 is 0. The molecule has 3 heterocycles. The average Bonchev–Trinajstić information content (AvgIpc) is 3.28. The van der Waals surface area contributed by atoms with Crippen molar-refractivity contribution in [1.82, 2.24) is 14.4 Å². The number of anilines is 1. The fraction of sp³-hybridized carbons (Fsp3) is 0.429. The molecule has 1 aliphatic rings. The van der Waals surface area contributed by atoms with Crippen LogP contribution in [0.25, 0.3) is 16.9 Å². The van der Waals surface area contributed by atoms with E-state index in [0.717, 1.165) is 29.5 Å². The lowest BCUT2D eigenvalue weighted by Gasteiger charge is -2.20. The van der Waals surface area contributed by atoms with Gasteiger partial charge in [0.25, 0.3) is 0 Å². The molecule has 0 saturated heterocycles. The van der Waals surface area contributed by atoms with E-state index in [1.807, 2.05) is 49.6 Å². The average molecular weight is 447 g/mol. The van der Waals surface area contributed by atoms with Gasteiger partial charge in [-0.1, -0.05) is 9.24 Å². The van der Waals surface area contributed by atoms with Crippen LogP contribution in [0.2, 0.25) is 0 Å².